The van der Waals surface area contributed by atoms with Crippen LogP contribution in [0.15, 0.2) is 6.20 Å². The SMILES string of the molecule is CCOC(=O)c1c(I)ncc(C(F)(F)F)c1OC(F)(F)F. The number of nitrogens with zero attached hydrogens (tertiary/aromatic N) is 1. The van der Waals surface area contributed by atoms with Crippen molar-refractivity contribution in [3.63, 3.8) is 0 Å². The number of carbonyl (C=O) groups is 1. The lowest BCUT2D eigenvalue weighted by atomic mass is 10.1. The van der Waals surface area contributed by atoms with Crippen LogP contribution in [0.2, 0.25) is 0 Å². The maximum absolute atomic E-state index is 12.7. The predicted molar refractivity (Wildman–Crippen MR) is 64.6 cm³/mol. The molecular formula is C10H6F6INO3. The van der Waals surface area contributed by atoms with E-state index < -0.39 is 39.1 Å². The number of pyridine rings is 1. The van der Waals surface area contributed by atoms with Gasteiger partial charge in [0, 0.05) is 6.20 Å². The molecule has 1 heterocycles. The first-order valence-corrected chi connectivity index (χ1v) is 6.23. The molecule has 0 saturated carbocycles. The Morgan fingerprint density at radius 1 is 1.29 bits per heavy atom. The van der Waals surface area contributed by atoms with Gasteiger partial charge in [-0.25, -0.2) is 9.78 Å². The summed E-state index contributed by atoms with van der Waals surface area (Å²) in [6.45, 7) is 1.10. The molecule has 0 unspecified atom stereocenters. The van der Waals surface area contributed by atoms with E-state index in [0.29, 0.717) is 0 Å². The second kappa shape index (κ2) is 6.23. The summed E-state index contributed by atoms with van der Waals surface area (Å²) in [5.74, 6) is -3.06. The Labute approximate surface area is 127 Å². The lowest BCUT2D eigenvalue weighted by Gasteiger charge is -2.18. The fourth-order valence-electron chi connectivity index (χ4n) is 1.28. The molecule has 0 fully saturated rings. The predicted octanol–water partition coefficient (Wildman–Crippen LogP) is 3.78. The summed E-state index contributed by atoms with van der Waals surface area (Å²) >= 11 is 1.31. The van der Waals surface area contributed by atoms with Crippen LogP contribution in [0.25, 0.3) is 0 Å². The number of rotatable bonds is 3. The van der Waals surface area contributed by atoms with Crippen molar-refractivity contribution in [3.05, 3.63) is 21.0 Å². The minimum absolute atomic E-state index is 0.158. The zero-order valence-electron chi connectivity index (χ0n) is 10.1. The van der Waals surface area contributed by atoms with Gasteiger partial charge in [0.05, 0.1) is 6.61 Å². The topological polar surface area (TPSA) is 48.4 Å². The number of esters is 1. The molecule has 0 aliphatic rings. The number of halogens is 7. The summed E-state index contributed by atoms with van der Waals surface area (Å²) in [7, 11) is 0. The van der Waals surface area contributed by atoms with Gasteiger partial charge in [-0.1, -0.05) is 0 Å². The Bertz CT molecular complexity index is 543. The van der Waals surface area contributed by atoms with Crippen LogP contribution in [0.4, 0.5) is 26.3 Å². The normalized spacial score (nSPS) is 12.2. The van der Waals surface area contributed by atoms with E-state index in [0.717, 1.165) is 0 Å². The van der Waals surface area contributed by atoms with Crippen LogP contribution in [0.3, 0.4) is 0 Å². The lowest BCUT2D eigenvalue weighted by molar-refractivity contribution is -0.276. The Kier molecular flexibility index (Phi) is 5.28. The number of carbonyl (C=O) groups excluding carboxylic acids is 1. The van der Waals surface area contributed by atoms with Crippen molar-refractivity contribution in [3.8, 4) is 5.75 Å². The zero-order chi connectivity index (χ0) is 16.4. The molecule has 4 nitrogen and oxygen atoms in total. The third kappa shape index (κ3) is 4.61. The van der Waals surface area contributed by atoms with Crippen LogP contribution in [-0.2, 0) is 10.9 Å². The maximum Gasteiger partial charge on any atom is 0.573 e. The van der Waals surface area contributed by atoms with Crippen molar-refractivity contribution in [2.24, 2.45) is 0 Å². The van der Waals surface area contributed by atoms with E-state index in [-0.39, 0.29) is 12.8 Å². The molecule has 0 radical (unpaired) electrons. The Balaban J connectivity index is 3.56. The summed E-state index contributed by atoms with van der Waals surface area (Å²) in [6, 6.07) is 0. The number of hydrogen-bond donors (Lipinski definition) is 0. The van der Waals surface area contributed by atoms with Gasteiger partial charge in [-0.3, -0.25) is 0 Å². The average Bonchev–Trinajstić information content (AvgIpc) is 2.25. The van der Waals surface area contributed by atoms with Gasteiger partial charge in [0.2, 0.25) is 0 Å². The van der Waals surface area contributed by atoms with Crippen LogP contribution in [0.1, 0.15) is 22.8 Å². The highest BCUT2D eigenvalue weighted by Crippen LogP contribution is 2.41. The van der Waals surface area contributed by atoms with Gasteiger partial charge >= 0.3 is 18.5 Å². The van der Waals surface area contributed by atoms with Gasteiger partial charge in [0.15, 0.2) is 5.75 Å². The minimum atomic E-state index is -5.41. The van der Waals surface area contributed by atoms with Crippen molar-refractivity contribution in [2.75, 3.05) is 6.61 Å². The quantitative estimate of drug-likeness (QED) is 0.318. The largest absolute Gasteiger partial charge is 0.573 e. The van der Waals surface area contributed by atoms with E-state index in [1.54, 1.807) is 0 Å². The average molecular weight is 429 g/mol. The molecule has 11 heteroatoms. The molecule has 0 N–H and O–H groups in total. The van der Waals surface area contributed by atoms with Crippen molar-refractivity contribution < 1.29 is 40.6 Å². The minimum Gasteiger partial charge on any atom is -0.462 e. The number of aromatic nitrogens is 1. The number of alkyl halides is 6. The highest BCUT2D eigenvalue weighted by molar-refractivity contribution is 14.1. The zero-order valence-corrected chi connectivity index (χ0v) is 12.3. The molecule has 0 amide bonds. The van der Waals surface area contributed by atoms with Gasteiger partial charge in [0.25, 0.3) is 0 Å². The maximum atomic E-state index is 12.7. The van der Waals surface area contributed by atoms with Crippen LogP contribution < -0.4 is 4.74 Å². The standard InChI is InChI=1S/C10H6F6INO3/c1-2-20-8(19)5-6(21-10(14,15)16)4(9(11,12)13)3-18-7(5)17/h3H,2H2,1H3. The highest BCUT2D eigenvalue weighted by atomic mass is 127. The first-order valence-electron chi connectivity index (χ1n) is 5.16. The van der Waals surface area contributed by atoms with Crippen LogP contribution >= 0.6 is 22.6 Å². The fourth-order valence-corrected chi connectivity index (χ4v) is 1.88. The Morgan fingerprint density at radius 3 is 2.29 bits per heavy atom. The van der Waals surface area contributed by atoms with Gasteiger partial charge in [-0.15, -0.1) is 13.2 Å². The molecule has 21 heavy (non-hydrogen) atoms. The van der Waals surface area contributed by atoms with Crippen molar-refractivity contribution in [2.45, 2.75) is 19.5 Å². The molecule has 0 atom stereocenters. The first kappa shape index (κ1) is 17.8. The third-order valence-electron chi connectivity index (χ3n) is 1.99. The smallest absolute Gasteiger partial charge is 0.462 e. The Hall–Kier alpha value is -1.27. The molecule has 0 saturated heterocycles. The molecule has 0 aliphatic carbocycles. The fraction of sp³-hybridized carbons (Fsp3) is 0.400. The Morgan fingerprint density at radius 2 is 1.86 bits per heavy atom. The summed E-state index contributed by atoms with van der Waals surface area (Å²) in [5.41, 5.74) is -2.84. The van der Waals surface area contributed by atoms with E-state index >= 15 is 0 Å². The summed E-state index contributed by atoms with van der Waals surface area (Å²) in [5, 5.41) is 0. The molecule has 0 aromatic carbocycles. The molecule has 0 spiro atoms. The molecule has 1 aromatic rings. The van der Waals surface area contributed by atoms with Crippen LogP contribution in [0, 0.1) is 3.70 Å². The lowest BCUT2D eigenvalue weighted by Crippen LogP contribution is -2.24. The van der Waals surface area contributed by atoms with E-state index in [2.05, 4.69) is 14.5 Å². The molecule has 0 bridgehead atoms. The molecule has 1 rings (SSSR count). The molecule has 118 valence electrons. The van der Waals surface area contributed by atoms with Gasteiger partial charge in [-0.05, 0) is 29.5 Å². The first-order chi connectivity index (χ1) is 9.47. The summed E-state index contributed by atoms with van der Waals surface area (Å²) in [6.07, 6.45) is -10.4. The van der Waals surface area contributed by atoms with E-state index in [9.17, 15) is 31.1 Å². The van der Waals surface area contributed by atoms with E-state index in [1.807, 2.05) is 0 Å². The van der Waals surface area contributed by atoms with Crippen molar-refractivity contribution >= 4 is 28.6 Å². The van der Waals surface area contributed by atoms with Crippen LogP contribution in [0.5, 0.6) is 5.75 Å². The monoisotopic (exact) mass is 429 g/mol. The number of hydrogen-bond acceptors (Lipinski definition) is 4. The second-order valence-corrected chi connectivity index (χ2v) is 4.45. The van der Waals surface area contributed by atoms with E-state index in [1.165, 1.54) is 29.5 Å². The molecule has 0 aliphatic heterocycles. The van der Waals surface area contributed by atoms with E-state index in [4.69, 9.17) is 0 Å². The molecular weight excluding hydrogens is 423 g/mol. The summed E-state index contributed by atoms with van der Waals surface area (Å²) in [4.78, 5) is 14.8. The second-order valence-electron chi connectivity index (χ2n) is 3.43. The van der Waals surface area contributed by atoms with Crippen molar-refractivity contribution in [1.29, 1.82) is 0 Å². The highest BCUT2D eigenvalue weighted by Gasteiger charge is 2.43. The summed E-state index contributed by atoms with van der Waals surface area (Å²) < 4.78 is 82.5. The van der Waals surface area contributed by atoms with Crippen molar-refractivity contribution in [1.82, 2.24) is 4.98 Å². The van der Waals surface area contributed by atoms with Gasteiger partial charge in [0.1, 0.15) is 14.8 Å². The van der Waals surface area contributed by atoms with Gasteiger partial charge < -0.3 is 9.47 Å². The number of ether oxygens (including phenoxy) is 2. The van der Waals surface area contributed by atoms with Crippen LogP contribution in [-0.4, -0.2) is 23.9 Å². The third-order valence-corrected chi connectivity index (χ3v) is 2.81. The van der Waals surface area contributed by atoms with Gasteiger partial charge in [-0.2, -0.15) is 13.2 Å². The molecule has 1 aromatic heterocycles.